The van der Waals surface area contributed by atoms with E-state index in [1.54, 1.807) is 12.1 Å². The molecule has 2 aromatic rings. The Balaban J connectivity index is 1.92. The molecular formula is C17H14N2O4. The number of carboxylic acids is 1. The van der Waals surface area contributed by atoms with E-state index in [9.17, 15) is 9.59 Å². The summed E-state index contributed by atoms with van der Waals surface area (Å²) >= 11 is 0. The van der Waals surface area contributed by atoms with Gasteiger partial charge in [-0.3, -0.25) is 4.79 Å². The van der Waals surface area contributed by atoms with E-state index in [2.05, 4.69) is 5.10 Å². The third-order valence-electron chi connectivity index (χ3n) is 3.48. The predicted octanol–water partition coefficient (Wildman–Crippen LogP) is 2.60. The highest BCUT2D eigenvalue weighted by atomic mass is 16.4. The van der Waals surface area contributed by atoms with Gasteiger partial charge in [0.1, 0.15) is 11.8 Å². The van der Waals surface area contributed by atoms with Gasteiger partial charge in [0.25, 0.3) is 5.91 Å². The first-order valence-electron chi connectivity index (χ1n) is 7.05. The van der Waals surface area contributed by atoms with Gasteiger partial charge in [0.2, 0.25) is 0 Å². The molecule has 116 valence electrons. The third-order valence-corrected chi connectivity index (χ3v) is 3.48. The molecule has 1 amide bonds. The largest absolute Gasteiger partial charge is 0.478 e. The first-order chi connectivity index (χ1) is 11.1. The smallest absolute Gasteiger partial charge is 0.328 e. The molecule has 3 rings (SSSR count). The van der Waals surface area contributed by atoms with Crippen molar-refractivity contribution in [1.82, 2.24) is 5.01 Å². The number of nitrogens with zero attached hydrogens (tertiary/aromatic N) is 2. The van der Waals surface area contributed by atoms with Gasteiger partial charge in [-0.05, 0) is 17.7 Å². The van der Waals surface area contributed by atoms with Crippen LogP contribution in [-0.2, 0) is 9.59 Å². The van der Waals surface area contributed by atoms with Gasteiger partial charge in [-0.15, -0.1) is 0 Å². The van der Waals surface area contributed by atoms with Crippen LogP contribution in [0.5, 0.6) is 0 Å². The number of carboxylic acid groups (broad SMARTS) is 1. The Morgan fingerprint density at radius 3 is 2.61 bits per heavy atom. The van der Waals surface area contributed by atoms with Crippen LogP contribution in [0.1, 0.15) is 23.8 Å². The molecule has 1 aromatic heterocycles. The van der Waals surface area contributed by atoms with Crippen molar-refractivity contribution in [2.75, 3.05) is 0 Å². The van der Waals surface area contributed by atoms with Crippen molar-refractivity contribution in [2.45, 2.75) is 12.5 Å². The van der Waals surface area contributed by atoms with Gasteiger partial charge in [0, 0.05) is 18.6 Å². The van der Waals surface area contributed by atoms with E-state index in [1.807, 2.05) is 30.3 Å². The standard InChI is InChI=1S/C17H14N2O4/c20-16(8-9-17(21)22)19-14(15-7-4-10-23-15)11-13(18-19)12-5-2-1-3-6-12/h1-10,14H,11H2,(H,21,22)/b9-8-/t14-/m1/s1. The fraction of sp³-hybridized carbons (Fsp3) is 0.118. The first-order valence-corrected chi connectivity index (χ1v) is 7.05. The van der Waals surface area contributed by atoms with Crippen LogP contribution in [0.25, 0.3) is 0 Å². The average molecular weight is 310 g/mol. The van der Waals surface area contributed by atoms with Crippen molar-refractivity contribution < 1.29 is 19.1 Å². The Labute approximate surface area is 132 Å². The number of furan rings is 1. The number of hydrazone groups is 1. The molecule has 6 heteroatoms. The van der Waals surface area contributed by atoms with Crippen molar-refractivity contribution in [2.24, 2.45) is 5.10 Å². The topological polar surface area (TPSA) is 83.1 Å². The molecule has 0 fully saturated rings. The molecule has 2 heterocycles. The van der Waals surface area contributed by atoms with Crippen LogP contribution in [0.4, 0.5) is 0 Å². The maximum Gasteiger partial charge on any atom is 0.328 e. The molecule has 1 aliphatic rings. The van der Waals surface area contributed by atoms with Crippen LogP contribution in [0.15, 0.2) is 70.4 Å². The average Bonchev–Trinajstić information content (AvgIpc) is 3.22. The van der Waals surface area contributed by atoms with E-state index in [4.69, 9.17) is 9.52 Å². The van der Waals surface area contributed by atoms with Crippen LogP contribution >= 0.6 is 0 Å². The molecule has 0 radical (unpaired) electrons. The minimum absolute atomic E-state index is 0.383. The summed E-state index contributed by atoms with van der Waals surface area (Å²) in [6.45, 7) is 0. The van der Waals surface area contributed by atoms with Crippen LogP contribution in [-0.4, -0.2) is 27.7 Å². The summed E-state index contributed by atoms with van der Waals surface area (Å²) in [5.74, 6) is -1.07. The molecule has 1 atom stereocenters. The van der Waals surface area contributed by atoms with Gasteiger partial charge in [0.05, 0.1) is 12.0 Å². The maximum atomic E-state index is 12.3. The molecule has 1 N–H and O–H groups in total. The van der Waals surface area contributed by atoms with Crippen LogP contribution < -0.4 is 0 Å². The molecule has 1 aliphatic heterocycles. The summed E-state index contributed by atoms with van der Waals surface area (Å²) in [4.78, 5) is 22.9. The Kier molecular flexibility index (Phi) is 4.05. The van der Waals surface area contributed by atoms with Crippen molar-refractivity contribution in [3.8, 4) is 0 Å². The Morgan fingerprint density at radius 2 is 1.96 bits per heavy atom. The third kappa shape index (κ3) is 3.21. The Bertz CT molecular complexity index is 763. The number of aliphatic carboxylic acids is 1. The predicted molar refractivity (Wildman–Crippen MR) is 82.7 cm³/mol. The highest BCUT2D eigenvalue weighted by Crippen LogP contribution is 2.33. The second-order valence-electron chi connectivity index (χ2n) is 5.00. The highest BCUT2D eigenvalue weighted by molar-refractivity contribution is 6.04. The molecule has 0 unspecified atom stereocenters. The van der Waals surface area contributed by atoms with Crippen LogP contribution in [0, 0.1) is 0 Å². The number of carbonyl (C=O) groups is 2. The van der Waals surface area contributed by atoms with E-state index in [0.717, 1.165) is 23.4 Å². The lowest BCUT2D eigenvalue weighted by Gasteiger charge is -2.17. The SMILES string of the molecule is O=C(O)/C=C\C(=O)N1N=C(c2ccccc2)C[C@@H]1c1ccco1. The number of amides is 1. The molecule has 0 aliphatic carbocycles. The lowest BCUT2D eigenvalue weighted by molar-refractivity contribution is -0.132. The van der Waals surface area contributed by atoms with Gasteiger partial charge in [-0.1, -0.05) is 30.3 Å². The van der Waals surface area contributed by atoms with E-state index < -0.39 is 11.9 Å². The molecule has 0 spiro atoms. The summed E-state index contributed by atoms with van der Waals surface area (Å²) < 4.78 is 5.40. The van der Waals surface area contributed by atoms with Gasteiger partial charge < -0.3 is 9.52 Å². The summed E-state index contributed by atoms with van der Waals surface area (Å²) in [5, 5.41) is 14.3. The normalized spacial score (nSPS) is 17.5. The fourth-order valence-corrected chi connectivity index (χ4v) is 2.44. The lowest BCUT2D eigenvalue weighted by Crippen LogP contribution is -2.25. The second kappa shape index (κ2) is 6.31. The van der Waals surface area contributed by atoms with E-state index in [0.29, 0.717) is 12.2 Å². The highest BCUT2D eigenvalue weighted by Gasteiger charge is 2.33. The summed E-state index contributed by atoms with van der Waals surface area (Å²) in [6, 6.07) is 12.7. The molecule has 0 bridgehead atoms. The molecular weight excluding hydrogens is 296 g/mol. The van der Waals surface area contributed by atoms with Crippen LogP contribution in [0.3, 0.4) is 0 Å². The van der Waals surface area contributed by atoms with Crippen molar-refractivity contribution in [3.63, 3.8) is 0 Å². The number of benzene rings is 1. The van der Waals surface area contributed by atoms with E-state index >= 15 is 0 Å². The number of rotatable bonds is 4. The first kappa shape index (κ1) is 14.8. The molecule has 0 saturated carbocycles. The Hall–Kier alpha value is -3.15. The van der Waals surface area contributed by atoms with Gasteiger partial charge in [0.15, 0.2) is 0 Å². The summed E-state index contributed by atoms with van der Waals surface area (Å²) in [7, 11) is 0. The fourth-order valence-electron chi connectivity index (χ4n) is 2.44. The summed E-state index contributed by atoms with van der Waals surface area (Å²) in [6.07, 6.45) is 3.84. The monoisotopic (exact) mass is 310 g/mol. The number of hydrogen-bond donors (Lipinski definition) is 1. The zero-order valence-corrected chi connectivity index (χ0v) is 12.1. The minimum atomic E-state index is -1.18. The van der Waals surface area contributed by atoms with Crippen molar-refractivity contribution in [3.05, 3.63) is 72.2 Å². The quantitative estimate of drug-likeness (QED) is 0.880. The van der Waals surface area contributed by atoms with Crippen molar-refractivity contribution in [1.29, 1.82) is 0 Å². The van der Waals surface area contributed by atoms with Gasteiger partial charge in [-0.25, -0.2) is 9.80 Å². The molecule has 23 heavy (non-hydrogen) atoms. The Morgan fingerprint density at radius 1 is 1.17 bits per heavy atom. The maximum absolute atomic E-state index is 12.3. The number of hydrogen-bond acceptors (Lipinski definition) is 4. The lowest BCUT2D eigenvalue weighted by atomic mass is 10.0. The molecule has 0 saturated heterocycles. The minimum Gasteiger partial charge on any atom is -0.478 e. The zero-order chi connectivity index (χ0) is 16.2. The molecule has 6 nitrogen and oxygen atoms in total. The number of carbonyl (C=O) groups excluding carboxylic acids is 1. The van der Waals surface area contributed by atoms with Crippen molar-refractivity contribution >= 4 is 17.6 Å². The zero-order valence-electron chi connectivity index (χ0n) is 12.1. The van der Waals surface area contributed by atoms with Crippen LogP contribution in [0.2, 0.25) is 0 Å². The van der Waals surface area contributed by atoms with Gasteiger partial charge >= 0.3 is 5.97 Å². The molecule has 1 aromatic carbocycles. The second-order valence-corrected chi connectivity index (χ2v) is 5.00. The summed E-state index contributed by atoms with van der Waals surface area (Å²) in [5.41, 5.74) is 1.67. The van der Waals surface area contributed by atoms with E-state index in [1.165, 1.54) is 11.3 Å². The van der Waals surface area contributed by atoms with E-state index in [-0.39, 0.29) is 6.04 Å². The van der Waals surface area contributed by atoms with Gasteiger partial charge in [-0.2, -0.15) is 5.10 Å².